The van der Waals surface area contributed by atoms with Crippen molar-refractivity contribution in [2.45, 2.75) is 12.8 Å². The summed E-state index contributed by atoms with van der Waals surface area (Å²) in [6, 6.07) is 16.3. The maximum atomic E-state index is 4.32. The highest BCUT2D eigenvalue weighted by atomic mass is 127. The predicted octanol–water partition coefficient (Wildman–Crippen LogP) is 2.84. The molecule has 27 heavy (non-hydrogen) atoms. The van der Waals surface area contributed by atoms with Crippen molar-refractivity contribution in [2.75, 3.05) is 20.1 Å². The summed E-state index contributed by atoms with van der Waals surface area (Å²) >= 11 is 0. The molecule has 3 rings (SSSR count). The monoisotopic (exact) mass is 476 g/mol. The predicted molar refractivity (Wildman–Crippen MR) is 120 cm³/mol. The van der Waals surface area contributed by atoms with Gasteiger partial charge in [-0.1, -0.05) is 18.2 Å². The van der Waals surface area contributed by atoms with E-state index in [0.717, 1.165) is 43.3 Å². The summed E-state index contributed by atoms with van der Waals surface area (Å²) in [5.41, 5.74) is 3.42. The second-order valence-corrected chi connectivity index (χ2v) is 5.86. The molecule has 2 N–H and O–H groups in total. The largest absolute Gasteiger partial charge is 0.356 e. The lowest BCUT2D eigenvalue weighted by Crippen LogP contribution is -2.39. The smallest absolute Gasteiger partial charge is 0.190 e. The highest BCUT2D eigenvalue weighted by Crippen LogP contribution is 2.08. The topological polar surface area (TPSA) is 67.1 Å². The molecule has 0 atom stereocenters. The Morgan fingerprint density at radius 1 is 0.963 bits per heavy atom. The molecule has 0 saturated carbocycles. The second kappa shape index (κ2) is 11.3. The normalized spacial score (nSPS) is 10.9. The van der Waals surface area contributed by atoms with Crippen LogP contribution in [0.4, 0.5) is 0 Å². The first-order valence-corrected chi connectivity index (χ1v) is 8.78. The molecule has 0 aliphatic rings. The van der Waals surface area contributed by atoms with Gasteiger partial charge in [-0.3, -0.25) is 9.98 Å². The quantitative estimate of drug-likeness (QED) is 0.313. The van der Waals surface area contributed by atoms with Crippen molar-refractivity contribution >= 4 is 29.9 Å². The highest BCUT2D eigenvalue weighted by Gasteiger charge is 2.00. The third-order valence-corrected chi connectivity index (χ3v) is 4.03. The lowest BCUT2D eigenvalue weighted by Gasteiger charge is -2.12. The molecule has 2 heterocycles. The lowest BCUT2D eigenvalue weighted by atomic mass is 10.1. The molecule has 0 saturated heterocycles. The Morgan fingerprint density at radius 2 is 1.74 bits per heavy atom. The van der Waals surface area contributed by atoms with Gasteiger partial charge < -0.3 is 10.6 Å². The Hall–Kier alpha value is -2.42. The van der Waals surface area contributed by atoms with Gasteiger partial charge in [-0.05, 0) is 42.3 Å². The zero-order chi connectivity index (χ0) is 18.0. The summed E-state index contributed by atoms with van der Waals surface area (Å²) in [4.78, 5) is 8.58. The number of rotatable bonds is 7. The number of nitrogens with one attached hydrogen (secondary N) is 2. The Balaban J connectivity index is 0.00000261. The molecule has 0 unspecified atom stereocenters. The zero-order valence-corrected chi connectivity index (χ0v) is 17.7. The molecule has 142 valence electrons. The Morgan fingerprint density at radius 3 is 2.37 bits per heavy atom. The van der Waals surface area contributed by atoms with Crippen molar-refractivity contribution in [2.24, 2.45) is 4.99 Å². The minimum absolute atomic E-state index is 0. The lowest BCUT2D eigenvalue weighted by molar-refractivity contribution is 0.776. The van der Waals surface area contributed by atoms with Crippen LogP contribution in [-0.4, -0.2) is 40.9 Å². The first kappa shape index (κ1) is 20.9. The number of aliphatic imine (C=N–C) groups is 1. The highest BCUT2D eigenvalue weighted by molar-refractivity contribution is 14.0. The van der Waals surface area contributed by atoms with Crippen molar-refractivity contribution in [3.8, 4) is 5.69 Å². The van der Waals surface area contributed by atoms with E-state index >= 15 is 0 Å². The van der Waals surface area contributed by atoms with E-state index in [4.69, 9.17) is 0 Å². The van der Waals surface area contributed by atoms with Crippen molar-refractivity contribution in [3.05, 3.63) is 78.4 Å². The molecule has 7 heteroatoms. The minimum atomic E-state index is 0. The molecule has 0 bridgehead atoms. The molecule has 0 amide bonds. The molecule has 0 radical (unpaired) electrons. The zero-order valence-electron chi connectivity index (χ0n) is 15.4. The van der Waals surface area contributed by atoms with Gasteiger partial charge in [0.1, 0.15) is 0 Å². The number of halogens is 1. The second-order valence-electron chi connectivity index (χ2n) is 5.86. The third kappa shape index (κ3) is 6.67. The van der Waals surface area contributed by atoms with Crippen LogP contribution < -0.4 is 10.6 Å². The van der Waals surface area contributed by atoms with Crippen LogP contribution in [-0.2, 0) is 12.8 Å². The van der Waals surface area contributed by atoms with E-state index in [9.17, 15) is 0 Å². The summed E-state index contributed by atoms with van der Waals surface area (Å²) in [5, 5.41) is 10.9. The van der Waals surface area contributed by atoms with Gasteiger partial charge >= 0.3 is 0 Å². The Bertz CT molecular complexity index is 800. The number of pyridine rings is 1. The summed E-state index contributed by atoms with van der Waals surface area (Å²) in [7, 11) is 1.79. The number of guanidine groups is 1. The van der Waals surface area contributed by atoms with Gasteiger partial charge in [0.25, 0.3) is 0 Å². The number of benzene rings is 1. The Kier molecular flexibility index (Phi) is 8.76. The molecule has 0 fully saturated rings. The first-order valence-electron chi connectivity index (χ1n) is 8.78. The van der Waals surface area contributed by atoms with Crippen LogP contribution in [0, 0.1) is 0 Å². The summed E-state index contributed by atoms with van der Waals surface area (Å²) in [5.74, 6) is 0.814. The summed E-state index contributed by atoms with van der Waals surface area (Å²) < 4.78 is 1.86. The van der Waals surface area contributed by atoms with Crippen molar-refractivity contribution < 1.29 is 0 Å². The van der Waals surface area contributed by atoms with Gasteiger partial charge in [0.15, 0.2) is 5.96 Å². The third-order valence-electron chi connectivity index (χ3n) is 4.03. The van der Waals surface area contributed by atoms with Gasteiger partial charge in [-0.25, -0.2) is 4.68 Å². The number of hydrogen-bond acceptors (Lipinski definition) is 3. The van der Waals surface area contributed by atoms with Crippen LogP contribution in [0.2, 0.25) is 0 Å². The van der Waals surface area contributed by atoms with Crippen LogP contribution in [0.1, 0.15) is 11.3 Å². The molecule has 1 aromatic carbocycles. The fourth-order valence-corrected chi connectivity index (χ4v) is 2.64. The molecular formula is C20H25IN6. The van der Waals surface area contributed by atoms with Gasteiger partial charge in [-0.15, -0.1) is 24.0 Å². The molecule has 0 spiro atoms. The van der Waals surface area contributed by atoms with E-state index in [1.54, 1.807) is 13.2 Å². The van der Waals surface area contributed by atoms with Crippen LogP contribution in [0.3, 0.4) is 0 Å². The first-order chi connectivity index (χ1) is 12.8. The van der Waals surface area contributed by atoms with Crippen LogP contribution in [0.25, 0.3) is 5.69 Å². The van der Waals surface area contributed by atoms with Gasteiger partial charge in [0.05, 0.1) is 5.69 Å². The molecule has 6 nitrogen and oxygen atoms in total. The van der Waals surface area contributed by atoms with Crippen LogP contribution >= 0.6 is 24.0 Å². The number of nitrogens with zero attached hydrogens (tertiary/aromatic N) is 4. The average molecular weight is 476 g/mol. The van der Waals surface area contributed by atoms with Crippen molar-refractivity contribution in [1.82, 2.24) is 25.4 Å². The van der Waals surface area contributed by atoms with E-state index < -0.39 is 0 Å². The molecule has 0 aliphatic heterocycles. The summed E-state index contributed by atoms with van der Waals surface area (Å²) in [6.07, 6.45) is 7.35. The fraction of sp³-hybridized carbons (Fsp3) is 0.250. The van der Waals surface area contributed by atoms with Crippen LogP contribution in [0.5, 0.6) is 0 Å². The fourth-order valence-electron chi connectivity index (χ4n) is 2.64. The van der Waals surface area contributed by atoms with Crippen molar-refractivity contribution in [1.29, 1.82) is 0 Å². The molecule has 0 aliphatic carbocycles. The van der Waals surface area contributed by atoms with E-state index in [0.29, 0.717) is 0 Å². The number of aromatic nitrogens is 3. The van der Waals surface area contributed by atoms with Gasteiger partial charge in [-0.2, -0.15) is 5.10 Å². The van der Waals surface area contributed by atoms with Gasteiger partial charge in [0, 0.05) is 50.8 Å². The molecule has 2 aromatic heterocycles. The SMILES string of the molecule is CN=C(NCCc1ccc(-n2cccn2)cc1)NCCc1ccccn1.I. The van der Waals surface area contributed by atoms with E-state index in [1.807, 2.05) is 41.3 Å². The maximum absolute atomic E-state index is 4.32. The van der Waals surface area contributed by atoms with E-state index in [2.05, 4.69) is 50.0 Å². The number of hydrogen-bond donors (Lipinski definition) is 2. The van der Waals surface area contributed by atoms with Crippen molar-refractivity contribution in [3.63, 3.8) is 0 Å². The molecular weight excluding hydrogens is 451 g/mol. The average Bonchev–Trinajstić information content (AvgIpc) is 3.23. The maximum Gasteiger partial charge on any atom is 0.190 e. The van der Waals surface area contributed by atoms with Crippen LogP contribution in [0.15, 0.2) is 72.1 Å². The minimum Gasteiger partial charge on any atom is -0.356 e. The van der Waals surface area contributed by atoms with E-state index in [-0.39, 0.29) is 24.0 Å². The van der Waals surface area contributed by atoms with E-state index in [1.165, 1.54) is 5.56 Å². The Labute approximate surface area is 177 Å². The van der Waals surface area contributed by atoms with Gasteiger partial charge in [0.2, 0.25) is 0 Å². The standard InChI is InChI=1S/C20H24N6.HI/c1-21-20(24-15-11-18-5-2-3-12-22-18)23-14-10-17-6-8-19(9-7-17)26-16-4-13-25-26;/h2-9,12-13,16H,10-11,14-15H2,1H3,(H2,21,23,24);1H. The molecule has 3 aromatic rings. The summed E-state index contributed by atoms with van der Waals surface area (Å²) in [6.45, 7) is 1.62.